The van der Waals surface area contributed by atoms with Crippen LogP contribution in [-0.4, -0.2) is 12.1 Å². The number of hydrogen-bond donors (Lipinski definition) is 0. The zero-order chi connectivity index (χ0) is 10.0. The molecule has 1 rings (SSSR count). The highest BCUT2D eigenvalue weighted by Gasteiger charge is 2.18. The van der Waals surface area contributed by atoms with Crippen LogP contribution in [0.25, 0.3) is 0 Å². The van der Waals surface area contributed by atoms with Crippen LogP contribution >= 0.6 is 15.9 Å². The number of aromatic nitrogens is 1. The van der Waals surface area contributed by atoms with E-state index < -0.39 is 6.43 Å². The van der Waals surface area contributed by atoms with E-state index in [0.717, 1.165) is 6.20 Å². The quantitative estimate of drug-likeness (QED) is 0.806. The van der Waals surface area contributed by atoms with Crippen LogP contribution in [0.3, 0.4) is 0 Å². The molecule has 0 fully saturated rings. The highest BCUT2D eigenvalue weighted by Crippen LogP contribution is 2.35. The molecule has 1 heterocycles. The molecule has 72 valence electrons. The number of rotatable bonds is 2. The summed E-state index contributed by atoms with van der Waals surface area (Å²) in [5, 5.41) is 0. The first-order chi connectivity index (χ1) is 6.07. The zero-order valence-electron chi connectivity index (χ0n) is 7.14. The lowest BCUT2D eigenvalue weighted by Crippen LogP contribution is -1.97. The Morgan fingerprint density at radius 3 is 2.62 bits per heavy atom. The second kappa shape index (κ2) is 4.00. The summed E-state index contributed by atoms with van der Waals surface area (Å²) < 4.78 is 30.1. The molecule has 0 aromatic carbocycles. The maximum absolute atomic E-state index is 12.4. The van der Waals surface area contributed by atoms with Crippen LogP contribution in [0.15, 0.2) is 10.7 Å². The lowest BCUT2D eigenvalue weighted by Gasteiger charge is -2.10. The van der Waals surface area contributed by atoms with Crippen molar-refractivity contribution in [3.05, 3.63) is 21.9 Å². The maximum atomic E-state index is 12.4. The van der Waals surface area contributed by atoms with Gasteiger partial charge in [-0.25, -0.2) is 8.78 Å². The molecule has 1 aromatic rings. The number of alkyl halides is 2. The Morgan fingerprint density at radius 1 is 1.54 bits per heavy atom. The Kier molecular flexibility index (Phi) is 3.19. The van der Waals surface area contributed by atoms with Gasteiger partial charge in [0.2, 0.25) is 0 Å². The molecule has 0 atom stereocenters. The van der Waals surface area contributed by atoms with E-state index in [0.29, 0.717) is 10.2 Å². The molecule has 0 aliphatic heterocycles. The smallest absolute Gasteiger partial charge is 0.268 e. The SMILES string of the molecule is COc1c(C(F)F)cnc(C)c1Br. The highest BCUT2D eigenvalue weighted by molar-refractivity contribution is 9.10. The molecule has 0 aliphatic carbocycles. The van der Waals surface area contributed by atoms with Gasteiger partial charge in [-0.3, -0.25) is 4.98 Å². The zero-order valence-corrected chi connectivity index (χ0v) is 8.73. The van der Waals surface area contributed by atoms with Crippen molar-refractivity contribution in [1.82, 2.24) is 4.98 Å². The average Bonchev–Trinajstić information content (AvgIpc) is 2.09. The number of ether oxygens (including phenoxy) is 1. The molecule has 0 radical (unpaired) electrons. The third kappa shape index (κ3) is 1.96. The number of hydrogen-bond acceptors (Lipinski definition) is 2. The van der Waals surface area contributed by atoms with Crippen molar-refractivity contribution in [2.75, 3.05) is 7.11 Å². The van der Waals surface area contributed by atoms with E-state index in [4.69, 9.17) is 4.74 Å². The van der Waals surface area contributed by atoms with E-state index >= 15 is 0 Å². The van der Waals surface area contributed by atoms with E-state index in [1.807, 2.05) is 0 Å². The normalized spacial score (nSPS) is 10.6. The molecule has 0 spiro atoms. The third-order valence-electron chi connectivity index (χ3n) is 1.62. The van der Waals surface area contributed by atoms with E-state index in [9.17, 15) is 8.78 Å². The first-order valence-electron chi connectivity index (χ1n) is 3.55. The number of pyridine rings is 1. The van der Waals surface area contributed by atoms with Crippen molar-refractivity contribution >= 4 is 15.9 Å². The fraction of sp³-hybridized carbons (Fsp3) is 0.375. The van der Waals surface area contributed by atoms with E-state index in [1.165, 1.54) is 7.11 Å². The third-order valence-corrected chi connectivity index (χ3v) is 2.55. The molecule has 0 saturated heterocycles. The summed E-state index contributed by atoms with van der Waals surface area (Å²) >= 11 is 3.14. The fourth-order valence-electron chi connectivity index (χ4n) is 0.936. The van der Waals surface area contributed by atoms with Crippen LogP contribution in [0.1, 0.15) is 17.7 Å². The van der Waals surface area contributed by atoms with Crippen molar-refractivity contribution < 1.29 is 13.5 Å². The summed E-state index contributed by atoms with van der Waals surface area (Å²) in [4.78, 5) is 3.80. The molecule has 0 unspecified atom stereocenters. The molecule has 2 nitrogen and oxygen atoms in total. The van der Waals surface area contributed by atoms with E-state index in [1.54, 1.807) is 6.92 Å². The second-order valence-corrected chi connectivity index (χ2v) is 3.24. The van der Waals surface area contributed by atoms with Crippen LogP contribution < -0.4 is 4.74 Å². The Hall–Kier alpha value is -0.710. The van der Waals surface area contributed by atoms with E-state index in [-0.39, 0.29) is 11.3 Å². The lowest BCUT2D eigenvalue weighted by molar-refractivity contribution is 0.146. The van der Waals surface area contributed by atoms with Crippen molar-refractivity contribution in [2.24, 2.45) is 0 Å². The summed E-state index contributed by atoms with van der Waals surface area (Å²) in [6.45, 7) is 1.71. The first kappa shape index (κ1) is 10.4. The van der Waals surface area contributed by atoms with Gasteiger partial charge in [-0.15, -0.1) is 0 Å². The molecule has 1 aromatic heterocycles. The fourth-order valence-corrected chi connectivity index (χ4v) is 1.43. The lowest BCUT2D eigenvalue weighted by atomic mass is 10.2. The Labute approximate surface area is 83.1 Å². The predicted molar refractivity (Wildman–Crippen MR) is 48.2 cm³/mol. The van der Waals surface area contributed by atoms with Crippen molar-refractivity contribution in [3.63, 3.8) is 0 Å². The van der Waals surface area contributed by atoms with Gasteiger partial charge in [0.05, 0.1) is 22.8 Å². The van der Waals surface area contributed by atoms with Crippen molar-refractivity contribution in [2.45, 2.75) is 13.3 Å². The Balaban J connectivity index is 3.30. The average molecular weight is 252 g/mol. The monoisotopic (exact) mass is 251 g/mol. The topological polar surface area (TPSA) is 22.1 Å². The second-order valence-electron chi connectivity index (χ2n) is 2.45. The summed E-state index contributed by atoms with van der Waals surface area (Å²) in [6, 6.07) is 0. The van der Waals surface area contributed by atoms with Gasteiger partial charge < -0.3 is 4.74 Å². The molecule has 13 heavy (non-hydrogen) atoms. The summed E-state index contributed by atoms with van der Waals surface area (Å²) in [6.07, 6.45) is -1.44. The highest BCUT2D eigenvalue weighted by atomic mass is 79.9. The van der Waals surface area contributed by atoms with Crippen LogP contribution in [0, 0.1) is 6.92 Å². The molecular formula is C8H8BrF2NO. The first-order valence-corrected chi connectivity index (χ1v) is 4.34. The molecule has 0 N–H and O–H groups in total. The van der Waals surface area contributed by atoms with Gasteiger partial charge in [-0.05, 0) is 22.9 Å². The predicted octanol–water partition coefficient (Wildman–Crippen LogP) is 3.10. The van der Waals surface area contributed by atoms with Gasteiger partial charge in [-0.2, -0.15) is 0 Å². The number of aryl methyl sites for hydroxylation is 1. The van der Waals surface area contributed by atoms with Crippen LogP contribution in [0.2, 0.25) is 0 Å². The minimum Gasteiger partial charge on any atom is -0.495 e. The van der Waals surface area contributed by atoms with Gasteiger partial charge in [-0.1, -0.05) is 0 Å². The van der Waals surface area contributed by atoms with Crippen molar-refractivity contribution in [1.29, 1.82) is 0 Å². The van der Waals surface area contributed by atoms with E-state index in [2.05, 4.69) is 20.9 Å². The van der Waals surface area contributed by atoms with Gasteiger partial charge in [0.15, 0.2) is 0 Å². The van der Waals surface area contributed by atoms with Gasteiger partial charge >= 0.3 is 0 Å². The number of methoxy groups -OCH3 is 1. The van der Waals surface area contributed by atoms with Crippen molar-refractivity contribution in [3.8, 4) is 5.75 Å². The minimum atomic E-state index is -2.57. The van der Waals surface area contributed by atoms with Crippen LogP contribution in [-0.2, 0) is 0 Å². The molecule has 5 heteroatoms. The Morgan fingerprint density at radius 2 is 2.15 bits per heavy atom. The van der Waals surface area contributed by atoms with Gasteiger partial charge in [0.25, 0.3) is 6.43 Å². The Bertz CT molecular complexity index is 317. The summed E-state index contributed by atoms with van der Waals surface area (Å²) in [5.74, 6) is 0.155. The number of halogens is 3. The minimum absolute atomic E-state index is 0.155. The molecule has 0 bridgehead atoms. The van der Waals surface area contributed by atoms with Crippen LogP contribution in [0.5, 0.6) is 5.75 Å². The molecule has 0 saturated carbocycles. The van der Waals surface area contributed by atoms with Gasteiger partial charge in [0.1, 0.15) is 5.75 Å². The molecule has 0 aliphatic rings. The molecular weight excluding hydrogens is 244 g/mol. The number of nitrogens with zero attached hydrogens (tertiary/aromatic N) is 1. The summed E-state index contributed by atoms with van der Waals surface area (Å²) in [5.41, 5.74) is 0.432. The molecule has 0 amide bonds. The van der Waals surface area contributed by atoms with Crippen LogP contribution in [0.4, 0.5) is 8.78 Å². The maximum Gasteiger partial charge on any atom is 0.268 e. The largest absolute Gasteiger partial charge is 0.495 e. The van der Waals surface area contributed by atoms with Gasteiger partial charge in [0, 0.05) is 6.20 Å². The summed E-state index contributed by atoms with van der Waals surface area (Å²) in [7, 11) is 1.35. The standard InChI is InChI=1S/C8H8BrF2NO/c1-4-6(9)7(13-2)5(3-12-4)8(10)11/h3,8H,1-2H3.